The fraction of sp³-hybridized carbons (Fsp3) is 0.667. The normalized spacial score (nSPS) is 18.8. The number of aromatic nitrogens is 2. The molecule has 12 heavy (non-hydrogen) atoms. The van der Waals surface area contributed by atoms with Gasteiger partial charge in [-0.05, 0) is 12.8 Å². The van der Waals surface area contributed by atoms with Crippen molar-refractivity contribution in [1.29, 1.82) is 0 Å². The van der Waals surface area contributed by atoms with Crippen LogP contribution in [-0.2, 0) is 5.88 Å². The van der Waals surface area contributed by atoms with Gasteiger partial charge in [0.25, 0.3) is 0 Å². The van der Waals surface area contributed by atoms with Gasteiger partial charge in [-0.15, -0.1) is 11.6 Å². The predicted molar refractivity (Wildman–Crippen MR) is 49.3 cm³/mol. The van der Waals surface area contributed by atoms with E-state index < -0.39 is 0 Å². The Bertz CT molecular complexity index is 251. The maximum atomic E-state index is 5.69. The highest BCUT2D eigenvalue weighted by Gasteiger charge is 2.16. The molecule has 2 rings (SSSR count). The van der Waals surface area contributed by atoms with Crippen LogP contribution in [-0.4, -0.2) is 9.78 Å². The van der Waals surface area contributed by atoms with Gasteiger partial charge in [-0.25, -0.2) is 0 Å². The molecule has 3 heteroatoms. The van der Waals surface area contributed by atoms with Crippen molar-refractivity contribution in [2.45, 2.75) is 37.6 Å². The Morgan fingerprint density at radius 1 is 1.50 bits per heavy atom. The lowest BCUT2D eigenvalue weighted by atomic mass is 10.2. The van der Waals surface area contributed by atoms with Gasteiger partial charge in [-0.2, -0.15) is 5.10 Å². The van der Waals surface area contributed by atoms with Gasteiger partial charge < -0.3 is 0 Å². The molecular weight excluding hydrogens is 172 g/mol. The van der Waals surface area contributed by atoms with Crippen molar-refractivity contribution in [2.24, 2.45) is 0 Å². The van der Waals surface area contributed by atoms with Gasteiger partial charge in [-0.1, -0.05) is 12.8 Å². The van der Waals surface area contributed by atoms with E-state index in [9.17, 15) is 0 Å². The SMILES string of the molecule is ClCc1cnn(C2CCCC2)c1. The first-order valence-corrected chi connectivity index (χ1v) is 5.02. The molecule has 0 unspecified atom stereocenters. The van der Waals surface area contributed by atoms with E-state index in [1.54, 1.807) is 0 Å². The van der Waals surface area contributed by atoms with Crippen molar-refractivity contribution in [3.8, 4) is 0 Å². The molecule has 1 saturated carbocycles. The van der Waals surface area contributed by atoms with Gasteiger partial charge in [0.05, 0.1) is 18.1 Å². The highest BCUT2D eigenvalue weighted by atomic mass is 35.5. The van der Waals surface area contributed by atoms with E-state index in [2.05, 4.69) is 16.0 Å². The van der Waals surface area contributed by atoms with Crippen LogP contribution < -0.4 is 0 Å². The van der Waals surface area contributed by atoms with Crippen LogP contribution >= 0.6 is 11.6 Å². The third-order valence-corrected chi connectivity index (χ3v) is 2.82. The Morgan fingerprint density at radius 2 is 2.25 bits per heavy atom. The van der Waals surface area contributed by atoms with Crippen molar-refractivity contribution in [2.75, 3.05) is 0 Å². The molecule has 0 atom stereocenters. The largest absolute Gasteiger partial charge is 0.269 e. The topological polar surface area (TPSA) is 17.8 Å². The second-order valence-electron chi connectivity index (χ2n) is 3.40. The molecule has 2 nitrogen and oxygen atoms in total. The average Bonchev–Trinajstić information content (AvgIpc) is 2.75. The zero-order valence-electron chi connectivity index (χ0n) is 7.04. The minimum Gasteiger partial charge on any atom is -0.269 e. The molecule has 66 valence electrons. The van der Waals surface area contributed by atoms with Gasteiger partial charge in [0.1, 0.15) is 0 Å². The summed E-state index contributed by atoms with van der Waals surface area (Å²) >= 11 is 5.69. The fourth-order valence-corrected chi connectivity index (χ4v) is 1.95. The maximum Gasteiger partial charge on any atom is 0.0534 e. The Balaban J connectivity index is 2.11. The molecule has 0 bridgehead atoms. The smallest absolute Gasteiger partial charge is 0.0534 e. The molecule has 0 saturated heterocycles. The molecule has 0 aromatic carbocycles. The average molecular weight is 185 g/mol. The summed E-state index contributed by atoms with van der Waals surface area (Å²) < 4.78 is 2.07. The van der Waals surface area contributed by atoms with Gasteiger partial charge in [0.2, 0.25) is 0 Å². The summed E-state index contributed by atoms with van der Waals surface area (Å²) in [5, 5.41) is 4.30. The minimum absolute atomic E-state index is 0.576. The summed E-state index contributed by atoms with van der Waals surface area (Å²) in [5.41, 5.74) is 1.13. The first-order chi connectivity index (χ1) is 5.90. The zero-order chi connectivity index (χ0) is 8.39. The van der Waals surface area contributed by atoms with Crippen LogP contribution in [0.1, 0.15) is 37.3 Å². The van der Waals surface area contributed by atoms with Crippen molar-refractivity contribution in [3.63, 3.8) is 0 Å². The molecule has 1 heterocycles. The van der Waals surface area contributed by atoms with Crippen LogP contribution in [0, 0.1) is 0 Å². The first-order valence-electron chi connectivity index (χ1n) is 4.49. The van der Waals surface area contributed by atoms with Gasteiger partial charge in [0, 0.05) is 11.8 Å². The van der Waals surface area contributed by atoms with E-state index in [1.165, 1.54) is 25.7 Å². The van der Waals surface area contributed by atoms with Crippen LogP contribution in [0.4, 0.5) is 0 Å². The Morgan fingerprint density at radius 3 is 2.83 bits per heavy atom. The molecule has 1 aromatic heterocycles. The number of hydrogen-bond acceptors (Lipinski definition) is 1. The molecule has 0 amide bonds. The van der Waals surface area contributed by atoms with Crippen LogP contribution in [0.2, 0.25) is 0 Å². The molecule has 0 aliphatic heterocycles. The predicted octanol–water partition coefficient (Wildman–Crippen LogP) is 2.74. The highest BCUT2D eigenvalue weighted by molar-refractivity contribution is 6.17. The first kappa shape index (κ1) is 8.11. The molecule has 0 spiro atoms. The second kappa shape index (κ2) is 3.48. The molecular formula is C9H13ClN2. The molecule has 1 fully saturated rings. The van der Waals surface area contributed by atoms with E-state index in [1.807, 2.05) is 6.20 Å². The Kier molecular flexibility index (Phi) is 2.35. The number of alkyl halides is 1. The van der Waals surface area contributed by atoms with Crippen molar-refractivity contribution < 1.29 is 0 Å². The van der Waals surface area contributed by atoms with Crippen LogP contribution in [0.3, 0.4) is 0 Å². The van der Waals surface area contributed by atoms with Crippen molar-refractivity contribution in [1.82, 2.24) is 9.78 Å². The molecule has 1 aliphatic carbocycles. The molecule has 0 N–H and O–H groups in total. The molecule has 0 radical (unpaired) electrons. The Hall–Kier alpha value is -0.500. The highest BCUT2D eigenvalue weighted by Crippen LogP contribution is 2.28. The molecule has 1 aromatic rings. The lowest BCUT2D eigenvalue weighted by Gasteiger charge is -2.08. The molecule has 1 aliphatic rings. The van der Waals surface area contributed by atoms with Crippen molar-refractivity contribution in [3.05, 3.63) is 18.0 Å². The summed E-state index contributed by atoms with van der Waals surface area (Å²) in [4.78, 5) is 0. The lowest BCUT2D eigenvalue weighted by Crippen LogP contribution is -2.04. The van der Waals surface area contributed by atoms with E-state index >= 15 is 0 Å². The van der Waals surface area contributed by atoms with Crippen LogP contribution in [0.15, 0.2) is 12.4 Å². The van der Waals surface area contributed by atoms with Crippen molar-refractivity contribution >= 4 is 11.6 Å². The number of nitrogens with zero attached hydrogens (tertiary/aromatic N) is 2. The summed E-state index contributed by atoms with van der Waals surface area (Å²) in [7, 11) is 0. The van der Waals surface area contributed by atoms with E-state index in [0.717, 1.165) is 5.56 Å². The van der Waals surface area contributed by atoms with E-state index in [4.69, 9.17) is 11.6 Å². The Labute approximate surface area is 77.5 Å². The summed E-state index contributed by atoms with van der Waals surface area (Å²) in [6, 6.07) is 0.641. The second-order valence-corrected chi connectivity index (χ2v) is 3.67. The fourth-order valence-electron chi connectivity index (χ4n) is 1.81. The number of rotatable bonds is 2. The van der Waals surface area contributed by atoms with E-state index in [0.29, 0.717) is 11.9 Å². The van der Waals surface area contributed by atoms with Gasteiger partial charge in [0.15, 0.2) is 0 Å². The summed E-state index contributed by atoms with van der Waals surface area (Å²) in [5.74, 6) is 0.576. The third kappa shape index (κ3) is 1.48. The zero-order valence-corrected chi connectivity index (χ0v) is 7.80. The standard InChI is InChI=1S/C9H13ClN2/c10-5-8-6-11-12(7-8)9-3-1-2-4-9/h6-7,9H,1-5H2. The monoisotopic (exact) mass is 184 g/mol. The van der Waals surface area contributed by atoms with Crippen LogP contribution in [0.25, 0.3) is 0 Å². The quantitative estimate of drug-likeness (QED) is 0.647. The van der Waals surface area contributed by atoms with Gasteiger partial charge in [-0.3, -0.25) is 4.68 Å². The van der Waals surface area contributed by atoms with Crippen LogP contribution in [0.5, 0.6) is 0 Å². The van der Waals surface area contributed by atoms with E-state index in [-0.39, 0.29) is 0 Å². The number of halogens is 1. The maximum absolute atomic E-state index is 5.69. The van der Waals surface area contributed by atoms with Gasteiger partial charge >= 0.3 is 0 Å². The number of hydrogen-bond donors (Lipinski definition) is 0. The summed E-state index contributed by atoms with van der Waals surface area (Å²) in [6.07, 6.45) is 9.20. The summed E-state index contributed by atoms with van der Waals surface area (Å²) in [6.45, 7) is 0. The minimum atomic E-state index is 0.576. The lowest BCUT2D eigenvalue weighted by molar-refractivity contribution is 0.466. The third-order valence-electron chi connectivity index (χ3n) is 2.51.